The van der Waals surface area contributed by atoms with Crippen molar-refractivity contribution in [3.8, 4) is 0 Å². The van der Waals surface area contributed by atoms with Gasteiger partial charge in [-0.05, 0) is 32.7 Å². The summed E-state index contributed by atoms with van der Waals surface area (Å²) in [5.74, 6) is 0.726. The molecule has 0 saturated carbocycles. The van der Waals surface area contributed by atoms with Crippen LogP contribution < -0.4 is 5.32 Å². The van der Waals surface area contributed by atoms with Crippen molar-refractivity contribution in [3.05, 3.63) is 12.7 Å². The minimum Gasteiger partial charge on any atom is -0.315 e. The third-order valence-corrected chi connectivity index (χ3v) is 2.88. The molecule has 0 bridgehead atoms. The normalized spacial score (nSPS) is 13.8. The van der Waals surface area contributed by atoms with Gasteiger partial charge < -0.3 is 5.32 Å². The molecule has 2 nitrogen and oxygen atoms in total. The molecule has 1 N–H and O–H groups in total. The van der Waals surface area contributed by atoms with Crippen LogP contribution >= 0.6 is 0 Å². The Balaban J connectivity index is 4.14. The predicted molar refractivity (Wildman–Crippen MR) is 73.8 cm³/mol. The Bertz CT molecular complexity index is 176. The maximum Gasteiger partial charge on any atom is 0.0224 e. The van der Waals surface area contributed by atoms with Crippen LogP contribution in [0.3, 0.4) is 0 Å². The van der Waals surface area contributed by atoms with Crippen LogP contribution in [-0.4, -0.2) is 36.6 Å². The highest BCUT2D eigenvalue weighted by molar-refractivity contribution is 4.82. The smallest absolute Gasteiger partial charge is 0.0224 e. The molecular formula is C14H30N2. The molecule has 0 aromatic heterocycles. The molecule has 96 valence electrons. The van der Waals surface area contributed by atoms with Gasteiger partial charge in [-0.15, -0.1) is 6.58 Å². The van der Waals surface area contributed by atoms with Gasteiger partial charge in [0.05, 0.1) is 0 Å². The van der Waals surface area contributed by atoms with E-state index in [1.54, 1.807) is 0 Å². The van der Waals surface area contributed by atoms with Crippen LogP contribution in [0, 0.1) is 5.92 Å². The lowest BCUT2D eigenvalue weighted by Crippen LogP contribution is -2.46. The topological polar surface area (TPSA) is 15.3 Å². The van der Waals surface area contributed by atoms with E-state index in [2.05, 4.69) is 51.4 Å². The first-order valence-corrected chi connectivity index (χ1v) is 6.60. The first kappa shape index (κ1) is 15.7. The summed E-state index contributed by atoms with van der Waals surface area (Å²) < 4.78 is 0. The molecule has 0 fully saturated rings. The standard InChI is InChI=1S/C14H30N2/c1-7-9-16(13(5)6)14(8-2)11-15-10-12(3)4/h7,12-15H,1,8-11H2,2-6H3. The van der Waals surface area contributed by atoms with Gasteiger partial charge in [0.25, 0.3) is 0 Å². The van der Waals surface area contributed by atoms with E-state index < -0.39 is 0 Å². The van der Waals surface area contributed by atoms with Crippen LogP contribution in [0.1, 0.15) is 41.0 Å². The summed E-state index contributed by atoms with van der Waals surface area (Å²) in [6.07, 6.45) is 3.20. The second-order valence-electron chi connectivity index (χ2n) is 5.19. The van der Waals surface area contributed by atoms with E-state index in [1.807, 2.05) is 6.08 Å². The fraction of sp³-hybridized carbons (Fsp3) is 0.857. The van der Waals surface area contributed by atoms with Crippen LogP contribution in [0.2, 0.25) is 0 Å². The van der Waals surface area contributed by atoms with E-state index in [0.29, 0.717) is 12.1 Å². The van der Waals surface area contributed by atoms with Gasteiger partial charge in [0, 0.05) is 25.2 Å². The molecule has 0 aliphatic rings. The van der Waals surface area contributed by atoms with E-state index >= 15 is 0 Å². The zero-order chi connectivity index (χ0) is 12.6. The van der Waals surface area contributed by atoms with Gasteiger partial charge in [-0.1, -0.05) is 26.8 Å². The Morgan fingerprint density at radius 2 is 1.81 bits per heavy atom. The van der Waals surface area contributed by atoms with Gasteiger partial charge in [-0.3, -0.25) is 4.90 Å². The molecular weight excluding hydrogens is 196 g/mol. The lowest BCUT2D eigenvalue weighted by atomic mass is 10.1. The molecule has 0 heterocycles. The highest BCUT2D eigenvalue weighted by atomic mass is 15.2. The van der Waals surface area contributed by atoms with Gasteiger partial charge in [0.1, 0.15) is 0 Å². The molecule has 0 rings (SSSR count). The van der Waals surface area contributed by atoms with Crippen molar-refractivity contribution in [2.45, 2.75) is 53.1 Å². The van der Waals surface area contributed by atoms with Crippen LogP contribution in [0.4, 0.5) is 0 Å². The largest absolute Gasteiger partial charge is 0.315 e. The van der Waals surface area contributed by atoms with E-state index in [-0.39, 0.29) is 0 Å². The van der Waals surface area contributed by atoms with Crippen molar-refractivity contribution >= 4 is 0 Å². The van der Waals surface area contributed by atoms with Crippen LogP contribution in [0.25, 0.3) is 0 Å². The summed E-state index contributed by atoms with van der Waals surface area (Å²) in [5, 5.41) is 3.55. The first-order valence-electron chi connectivity index (χ1n) is 6.60. The average molecular weight is 226 g/mol. The number of hydrogen-bond acceptors (Lipinski definition) is 2. The van der Waals surface area contributed by atoms with Gasteiger partial charge in [-0.2, -0.15) is 0 Å². The fourth-order valence-electron chi connectivity index (χ4n) is 1.97. The molecule has 0 spiro atoms. The van der Waals surface area contributed by atoms with E-state index in [1.165, 1.54) is 6.42 Å². The molecule has 0 aliphatic carbocycles. The fourth-order valence-corrected chi connectivity index (χ4v) is 1.97. The summed E-state index contributed by atoms with van der Waals surface area (Å²) in [6, 6.07) is 1.21. The highest BCUT2D eigenvalue weighted by Gasteiger charge is 2.17. The molecule has 0 radical (unpaired) electrons. The van der Waals surface area contributed by atoms with Crippen LogP contribution in [-0.2, 0) is 0 Å². The Kier molecular flexibility index (Phi) is 8.58. The predicted octanol–water partition coefficient (Wildman–Crippen LogP) is 2.91. The Hall–Kier alpha value is -0.340. The maximum atomic E-state index is 3.85. The molecule has 0 saturated heterocycles. The van der Waals surface area contributed by atoms with Crippen molar-refractivity contribution in [2.24, 2.45) is 5.92 Å². The molecule has 1 unspecified atom stereocenters. The zero-order valence-electron chi connectivity index (χ0n) is 11.8. The van der Waals surface area contributed by atoms with Gasteiger partial charge in [0.15, 0.2) is 0 Å². The third-order valence-electron chi connectivity index (χ3n) is 2.88. The average Bonchev–Trinajstić information content (AvgIpc) is 2.21. The van der Waals surface area contributed by atoms with Gasteiger partial charge in [-0.25, -0.2) is 0 Å². The summed E-state index contributed by atoms with van der Waals surface area (Å²) >= 11 is 0. The van der Waals surface area contributed by atoms with E-state index in [0.717, 1.165) is 25.6 Å². The molecule has 0 aliphatic heterocycles. The molecule has 16 heavy (non-hydrogen) atoms. The molecule has 2 heteroatoms. The third kappa shape index (κ3) is 6.29. The van der Waals surface area contributed by atoms with Crippen molar-refractivity contribution in [3.63, 3.8) is 0 Å². The highest BCUT2D eigenvalue weighted by Crippen LogP contribution is 2.08. The minimum absolute atomic E-state index is 0.587. The number of rotatable bonds is 9. The molecule has 0 amide bonds. The van der Waals surface area contributed by atoms with Crippen LogP contribution in [0.5, 0.6) is 0 Å². The second kappa shape index (κ2) is 8.77. The summed E-state index contributed by atoms with van der Waals surface area (Å²) in [4.78, 5) is 2.51. The first-order chi connectivity index (χ1) is 7.52. The summed E-state index contributed by atoms with van der Waals surface area (Å²) in [5.41, 5.74) is 0. The lowest BCUT2D eigenvalue weighted by Gasteiger charge is -2.34. The van der Waals surface area contributed by atoms with Gasteiger partial charge in [0.2, 0.25) is 0 Å². The number of nitrogens with zero attached hydrogens (tertiary/aromatic N) is 1. The maximum absolute atomic E-state index is 3.85. The summed E-state index contributed by atoms with van der Waals surface area (Å²) in [7, 11) is 0. The molecule has 0 aromatic rings. The molecule has 0 aromatic carbocycles. The Morgan fingerprint density at radius 1 is 1.19 bits per heavy atom. The lowest BCUT2D eigenvalue weighted by molar-refractivity contribution is 0.163. The van der Waals surface area contributed by atoms with Crippen molar-refractivity contribution in [1.29, 1.82) is 0 Å². The van der Waals surface area contributed by atoms with Crippen molar-refractivity contribution in [1.82, 2.24) is 10.2 Å². The number of nitrogens with one attached hydrogen (secondary N) is 1. The van der Waals surface area contributed by atoms with E-state index in [4.69, 9.17) is 0 Å². The molecule has 1 atom stereocenters. The Labute approximate surface area is 102 Å². The quantitative estimate of drug-likeness (QED) is 0.608. The van der Waals surface area contributed by atoms with Crippen LogP contribution in [0.15, 0.2) is 12.7 Å². The van der Waals surface area contributed by atoms with Gasteiger partial charge >= 0.3 is 0 Å². The SMILES string of the molecule is C=CCN(C(C)C)C(CC)CNCC(C)C. The minimum atomic E-state index is 0.587. The Morgan fingerprint density at radius 3 is 2.19 bits per heavy atom. The second-order valence-corrected chi connectivity index (χ2v) is 5.19. The monoisotopic (exact) mass is 226 g/mol. The zero-order valence-corrected chi connectivity index (χ0v) is 11.8. The number of hydrogen-bond donors (Lipinski definition) is 1. The van der Waals surface area contributed by atoms with E-state index in [9.17, 15) is 0 Å². The summed E-state index contributed by atoms with van der Waals surface area (Å²) in [6.45, 7) is 18.3. The van der Waals surface area contributed by atoms with Crippen molar-refractivity contribution in [2.75, 3.05) is 19.6 Å². The van der Waals surface area contributed by atoms with Crippen molar-refractivity contribution < 1.29 is 0 Å².